The van der Waals surface area contributed by atoms with Crippen LogP contribution in [0.25, 0.3) is 11.0 Å². The van der Waals surface area contributed by atoms with Crippen molar-refractivity contribution in [3.63, 3.8) is 0 Å². The van der Waals surface area contributed by atoms with E-state index in [0.717, 1.165) is 29.7 Å². The average Bonchev–Trinajstić information content (AvgIpc) is 3.25. The van der Waals surface area contributed by atoms with Crippen molar-refractivity contribution in [2.24, 2.45) is 13.0 Å². The highest BCUT2D eigenvalue weighted by atomic mass is 35.5. The van der Waals surface area contributed by atoms with Crippen molar-refractivity contribution in [3.05, 3.63) is 47.4 Å². The molecule has 2 aliphatic rings. The second-order valence-corrected chi connectivity index (χ2v) is 9.05. The van der Waals surface area contributed by atoms with Crippen molar-refractivity contribution in [1.29, 1.82) is 0 Å². The van der Waals surface area contributed by atoms with Gasteiger partial charge < -0.3 is 14.7 Å². The van der Waals surface area contributed by atoms with E-state index >= 15 is 0 Å². The maximum Gasteiger partial charge on any atom is 0.253 e. The van der Waals surface area contributed by atoms with Gasteiger partial charge in [0.2, 0.25) is 5.91 Å². The number of likely N-dealkylation sites (tertiary alicyclic amines) is 1. The van der Waals surface area contributed by atoms with Gasteiger partial charge in [-0.25, -0.2) is 9.97 Å². The second kappa shape index (κ2) is 8.97. The lowest BCUT2D eigenvalue weighted by molar-refractivity contribution is -0.137. The zero-order valence-electron chi connectivity index (χ0n) is 18.5. The van der Waals surface area contributed by atoms with Crippen molar-refractivity contribution in [2.75, 3.05) is 44.2 Å². The number of fused-ring (bicyclic) bond motifs is 1. The van der Waals surface area contributed by atoms with Crippen LogP contribution < -0.4 is 4.90 Å². The third kappa shape index (κ3) is 4.25. The molecule has 0 N–H and O–H groups in total. The van der Waals surface area contributed by atoms with Crippen LogP contribution in [-0.4, -0.2) is 80.6 Å². The summed E-state index contributed by atoms with van der Waals surface area (Å²) in [4.78, 5) is 40.9. The summed E-state index contributed by atoms with van der Waals surface area (Å²) in [5.74, 6) is 0.791. The van der Waals surface area contributed by atoms with Crippen LogP contribution in [0, 0.1) is 5.92 Å². The van der Waals surface area contributed by atoms with Gasteiger partial charge in [0.15, 0.2) is 5.65 Å². The average molecular weight is 468 g/mol. The molecule has 9 nitrogen and oxygen atoms in total. The fourth-order valence-corrected chi connectivity index (χ4v) is 4.86. The molecule has 0 aliphatic carbocycles. The molecule has 2 fully saturated rings. The number of amides is 2. The minimum Gasteiger partial charge on any atom is -0.352 e. The van der Waals surface area contributed by atoms with Crippen molar-refractivity contribution in [3.8, 4) is 0 Å². The number of carbonyl (C=O) groups is 2. The quantitative estimate of drug-likeness (QED) is 0.587. The van der Waals surface area contributed by atoms with Crippen LogP contribution in [0.4, 0.5) is 5.82 Å². The molecule has 2 aromatic heterocycles. The number of piperazine rings is 1. The number of nitrogens with zero attached hydrogens (tertiary/aromatic N) is 7. The van der Waals surface area contributed by atoms with E-state index in [1.807, 2.05) is 11.9 Å². The van der Waals surface area contributed by atoms with Crippen LogP contribution in [0.5, 0.6) is 0 Å². The summed E-state index contributed by atoms with van der Waals surface area (Å²) < 4.78 is 1.74. The van der Waals surface area contributed by atoms with Gasteiger partial charge in [-0.15, -0.1) is 0 Å². The van der Waals surface area contributed by atoms with E-state index in [2.05, 4.69) is 20.0 Å². The molecule has 0 spiro atoms. The molecule has 2 saturated heterocycles. The Morgan fingerprint density at radius 2 is 1.76 bits per heavy atom. The maximum absolute atomic E-state index is 13.3. The van der Waals surface area contributed by atoms with Crippen molar-refractivity contribution < 1.29 is 9.59 Å². The summed E-state index contributed by atoms with van der Waals surface area (Å²) in [6.45, 7) is 3.80. The molecule has 0 bridgehead atoms. The third-order valence-electron chi connectivity index (χ3n) is 6.55. The normalized spacial score (nSPS) is 19.2. The largest absolute Gasteiger partial charge is 0.352 e. The first kappa shape index (κ1) is 21.6. The number of carbonyl (C=O) groups excluding carboxylic acids is 2. The Labute approximate surface area is 196 Å². The molecule has 0 radical (unpaired) electrons. The summed E-state index contributed by atoms with van der Waals surface area (Å²) in [5.41, 5.74) is 1.40. The number of anilines is 1. The molecule has 1 aromatic carbocycles. The van der Waals surface area contributed by atoms with Gasteiger partial charge >= 0.3 is 0 Å². The molecule has 10 heteroatoms. The predicted octanol–water partition coefficient (Wildman–Crippen LogP) is 2.22. The summed E-state index contributed by atoms with van der Waals surface area (Å²) in [7, 11) is 1.86. The van der Waals surface area contributed by atoms with E-state index in [1.54, 1.807) is 46.4 Å². The predicted molar refractivity (Wildman–Crippen MR) is 125 cm³/mol. The van der Waals surface area contributed by atoms with Gasteiger partial charge in [-0.1, -0.05) is 11.6 Å². The van der Waals surface area contributed by atoms with Crippen LogP contribution in [0.1, 0.15) is 23.2 Å². The number of hydrogen-bond acceptors (Lipinski definition) is 6. The first-order valence-electron chi connectivity index (χ1n) is 11.2. The minimum absolute atomic E-state index is 0.0433. The van der Waals surface area contributed by atoms with E-state index in [-0.39, 0.29) is 17.7 Å². The molecule has 0 saturated carbocycles. The van der Waals surface area contributed by atoms with Gasteiger partial charge in [0.1, 0.15) is 12.1 Å². The highest BCUT2D eigenvalue weighted by Crippen LogP contribution is 2.25. The van der Waals surface area contributed by atoms with Crippen LogP contribution in [0.2, 0.25) is 5.02 Å². The van der Waals surface area contributed by atoms with Crippen molar-refractivity contribution in [1.82, 2.24) is 29.5 Å². The third-order valence-corrected chi connectivity index (χ3v) is 6.80. The number of aryl methyl sites for hydroxylation is 1. The molecule has 1 unspecified atom stereocenters. The van der Waals surface area contributed by atoms with Crippen LogP contribution in [-0.2, 0) is 11.8 Å². The summed E-state index contributed by atoms with van der Waals surface area (Å²) in [6, 6.07) is 6.92. The van der Waals surface area contributed by atoms with Gasteiger partial charge in [-0.05, 0) is 37.1 Å². The van der Waals surface area contributed by atoms with E-state index < -0.39 is 0 Å². The molecular weight excluding hydrogens is 442 g/mol. The van der Waals surface area contributed by atoms with Gasteiger partial charge in [0.05, 0.1) is 17.5 Å². The van der Waals surface area contributed by atoms with Crippen LogP contribution >= 0.6 is 11.6 Å². The lowest BCUT2D eigenvalue weighted by atomic mass is 9.95. The second-order valence-electron chi connectivity index (χ2n) is 8.61. The van der Waals surface area contributed by atoms with Crippen molar-refractivity contribution >= 4 is 40.3 Å². The molecule has 2 aliphatic heterocycles. The highest BCUT2D eigenvalue weighted by Gasteiger charge is 2.33. The Hall–Kier alpha value is -3.20. The van der Waals surface area contributed by atoms with E-state index in [9.17, 15) is 9.59 Å². The van der Waals surface area contributed by atoms with E-state index in [1.165, 1.54) is 0 Å². The minimum atomic E-state index is -0.161. The molecule has 3 aromatic rings. The van der Waals surface area contributed by atoms with Gasteiger partial charge in [0, 0.05) is 56.9 Å². The lowest BCUT2D eigenvalue weighted by Gasteiger charge is -2.39. The van der Waals surface area contributed by atoms with E-state index in [4.69, 9.17) is 11.6 Å². The molecule has 33 heavy (non-hydrogen) atoms. The monoisotopic (exact) mass is 467 g/mol. The summed E-state index contributed by atoms with van der Waals surface area (Å²) in [5, 5.41) is 5.81. The smallest absolute Gasteiger partial charge is 0.253 e. The Morgan fingerprint density at radius 1 is 1.00 bits per heavy atom. The summed E-state index contributed by atoms with van der Waals surface area (Å²) >= 11 is 5.94. The highest BCUT2D eigenvalue weighted by molar-refractivity contribution is 6.30. The van der Waals surface area contributed by atoms with Crippen LogP contribution in [0.3, 0.4) is 0 Å². The van der Waals surface area contributed by atoms with Gasteiger partial charge in [0.25, 0.3) is 5.91 Å². The number of benzene rings is 1. The standard InChI is InChI=1S/C23H26ClN7O2/c1-28-20-19(13-27-28)21(26-15-25-20)29-9-11-30(12-10-29)23(33)17-3-2-8-31(14-17)22(32)16-4-6-18(24)7-5-16/h4-7,13,15,17H,2-3,8-12,14H2,1H3. The number of rotatable bonds is 3. The van der Waals surface area contributed by atoms with Crippen molar-refractivity contribution in [2.45, 2.75) is 12.8 Å². The molecule has 1 atom stereocenters. The Kier molecular flexibility index (Phi) is 5.88. The lowest BCUT2D eigenvalue weighted by Crippen LogP contribution is -2.53. The fourth-order valence-electron chi connectivity index (χ4n) is 4.74. The molecule has 2 amide bonds. The first-order chi connectivity index (χ1) is 16.0. The molecule has 172 valence electrons. The van der Waals surface area contributed by atoms with Gasteiger partial charge in [-0.2, -0.15) is 5.10 Å². The molecule has 5 rings (SSSR count). The SMILES string of the molecule is Cn1ncc2c(N3CCN(C(=O)C4CCCN(C(=O)c5ccc(Cl)cc5)C4)CC3)ncnc21. The number of piperidine rings is 1. The number of halogens is 1. The topological polar surface area (TPSA) is 87.5 Å². The summed E-state index contributed by atoms with van der Waals surface area (Å²) in [6.07, 6.45) is 4.99. The number of aromatic nitrogens is 4. The van der Waals surface area contributed by atoms with Gasteiger partial charge in [-0.3, -0.25) is 14.3 Å². The fraction of sp³-hybridized carbons (Fsp3) is 0.435. The molecular formula is C23H26ClN7O2. The Balaban J connectivity index is 1.21. The molecule has 4 heterocycles. The number of hydrogen-bond donors (Lipinski definition) is 0. The van der Waals surface area contributed by atoms with Crippen LogP contribution in [0.15, 0.2) is 36.8 Å². The zero-order valence-corrected chi connectivity index (χ0v) is 19.3. The zero-order chi connectivity index (χ0) is 22.9. The Morgan fingerprint density at radius 3 is 2.52 bits per heavy atom. The Bertz CT molecular complexity index is 1170. The van der Waals surface area contributed by atoms with E-state index in [0.29, 0.717) is 49.9 Å². The first-order valence-corrected chi connectivity index (χ1v) is 11.6. The maximum atomic E-state index is 13.3.